The lowest BCUT2D eigenvalue weighted by atomic mass is 9.43. The van der Waals surface area contributed by atoms with E-state index in [-0.39, 0.29) is 17.1 Å². The Morgan fingerprint density at radius 1 is 0.812 bits per heavy atom. The van der Waals surface area contributed by atoms with Crippen molar-refractivity contribution in [2.24, 2.45) is 39.4 Å². The molecule has 0 bridgehead atoms. The van der Waals surface area contributed by atoms with Gasteiger partial charge in [0, 0.05) is 0 Å². The van der Waals surface area contributed by atoms with Crippen molar-refractivity contribution < 1.29 is 9.84 Å². The van der Waals surface area contributed by atoms with Gasteiger partial charge >= 0.3 is 0 Å². The normalized spacial score (nSPS) is 50.5. The largest absolute Gasteiger partial charge is 0.393 e. The Kier molecular flexibility index (Phi) is 5.19. The van der Waals surface area contributed by atoms with Crippen molar-refractivity contribution >= 4 is 0 Å². The standard InChI is InChI=1S/C30H50O2/c1-19(23-13-15-26(2,3)32-23)20-11-17-30(8)22-9-10-24-27(4,5)25(31)14-16-28(24,6)21(22)12-18-29(20,30)7/h19-20,23-25,31H,9-18H2,1-8H3/t19-,20+,23-,24-,25-,28+,29+,30-/m0/s1. The highest BCUT2D eigenvalue weighted by atomic mass is 16.5. The van der Waals surface area contributed by atoms with Crippen LogP contribution in [0, 0.1) is 39.4 Å². The first-order valence-electron chi connectivity index (χ1n) is 13.9. The minimum Gasteiger partial charge on any atom is -0.393 e. The summed E-state index contributed by atoms with van der Waals surface area (Å²) in [5, 5.41) is 10.8. The molecule has 0 amide bonds. The first-order chi connectivity index (χ1) is 14.8. The SMILES string of the molecule is C[C@H]([C@@H]1CCC(C)(C)O1)[C@H]1CC[C@@]2(C)C3=C(CC[C@]12C)[C@@]1(C)CC[C@H](O)C(C)(C)[C@@H]1CC3. The summed E-state index contributed by atoms with van der Waals surface area (Å²) in [6, 6.07) is 0. The zero-order chi connectivity index (χ0) is 23.3. The highest BCUT2D eigenvalue weighted by Gasteiger charge is 2.64. The van der Waals surface area contributed by atoms with Gasteiger partial charge in [-0.05, 0) is 117 Å². The van der Waals surface area contributed by atoms with Crippen molar-refractivity contribution in [1.82, 2.24) is 0 Å². The minimum absolute atomic E-state index is 0.0343. The van der Waals surface area contributed by atoms with Gasteiger partial charge < -0.3 is 9.84 Å². The lowest BCUT2D eigenvalue weighted by Gasteiger charge is -2.62. The molecule has 0 aromatic rings. The fourth-order valence-electron chi connectivity index (χ4n) is 10.2. The summed E-state index contributed by atoms with van der Waals surface area (Å²) in [4.78, 5) is 0. The molecule has 0 unspecified atom stereocenters. The Hall–Kier alpha value is -0.340. The van der Waals surface area contributed by atoms with Crippen LogP contribution in [0.5, 0.6) is 0 Å². The minimum atomic E-state index is -0.139. The van der Waals surface area contributed by atoms with E-state index >= 15 is 0 Å². The van der Waals surface area contributed by atoms with E-state index in [1.807, 2.05) is 11.1 Å². The number of hydrogen-bond acceptors (Lipinski definition) is 2. The summed E-state index contributed by atoms with van der Waals surface area (Å²) in [6.45, 7) is 19.6. The lowest BCUT2D eigenvalue weighted by Crippen LogP contribution is -2.55. The van der Waals surface area contributed by atoms with Gasteiger partial charge in [0.25, 0.3) is 0 Å². The van der Waals surface area contributed by atoms with Crippen molar-refractivity contribution in [2.75, 3.05) is 0 Å². The van der Waals surface area contributed by atoms with Gasteiger partial charge in [0.1, 0.15) is 0 Å². The van der Waals surface area contributed by atoms with Gasteiger partial charge in [-0.1, -0.05) is 52.7 Å². The Balaban J connectivity index is 1.48. The molecule has 1 saturated heterocycles. The van der Waals surface area contributed by atoms with Crippen molar-refractivity contribution in [3.05, 3.63) is 11.1 Å². The van der Waals surface area contributed by atoms with E-state index in [0.717, 1.165) is 12.3 Å². The van der Waals surface area contributed by atoms with E-state index in [2.05, 4.69) is 55.4 Å². The third-order valence-electron chi connectivity index (χ3n) is 12.5. The Bertz CT molecular complexity index is 808. The fourth-order valence-corrected chi connectivity index (χ4v) is 10.2. The number of ether oxygens (including phenoxy) is 1. The van der Waals surface area contributed by atoms with E-state index in [9.17, 15) is 5.11 Å². The molecular weight excluding hydrogens is 392 g/mol. The number of allylic oxidation sites excluding steroid dienone is 2. The summed E-state index contributed by atoms with van der Waals surface area (Å²) >= 11 is 0. The molecule has 1 heterocycles. The second kappa shape index (κ2) is 7.09. The van der Waals surface area contributed by atoms with E-state index in [1.165, 1.54) is 57.8 Å². The molecule has 1 aliphatic heterocycles. The zero-order valence-electron chi connectivity index (χ0n) is 22.3. The molecular formula is C30H50O2. The lowest BCUT2D eigenvalue weighted by molar-refractivity contribution is -0.0990. The van der Waals surface area contributed by atoms with Gasteiger partial charge in [-0.25, -0.2) is 0 Å². The van der Waals surface area contributed by atoms with Crippen LogP contribution in [0.2, 0.25) is 0 Å². The highest BCUT2D eigenvalue weighted by Crippen LogP contribution is 2.72. The van der Waals surface area contributed by atoms with E-state index in [0.29, 0.717) is 34.2 Å². The molecule has 8 atom stereocenters. The highest BCUT2D eigenvalue weighted by molar-refractivity contribution is 5.38. The molecule has 0 spiro atoms. The van der Waals surface area contributed by atoms with Crippen LogP contribution in [0.25, 0.3) is 0 Å². The molecule has 0 aromatic heterocycles. The van der Waals surface area contributed by atoms with Crippen LogP contribution in [0.3, 0.4) is 0 Å². The summed E-state index contributed by atoms with van der Waals surface area (Å²) in [5.41, 5.74) is 4.83. The molecule has 2 nitrogen and oxygen atoms in total. The summed E-state index contributed by atoms with van der Waals surface area (Å²) in [6.07, 6.45) is 12.8. The van der Waals surface area contributed by atoms with Crippen LogP contribution in [0.1, 0.15) is 120 Å². The van der Waals surface area contributed by atoms with Gasteiger partial charge in [-0.3, -0.25) is 0 Å². The van der Waals surface area contributed by atoms with Gasteiger partial charge in [0.05, 0.1) is 17.8 Å². The van der Waals surface area contributed by atoms with Crippen molar-refractivity contribution in [1.29, 1.82) is 0 Å². The van der Waals surface area contributed by atoms with E-state index in [4.69, 9.17) is 4.74 Å². The third-order valence-corrected chi connectivity index (χ3v) is 12.5. The molecule has 4 aliphatic carbocycles. The number of rotatable bonds is 2. The van der Waals surface area contributed by atoms with E-state index < -0.39 is 0 Å². The summed E-state index contributed by atoms with van der Waals surface area (Å²) in [7, 11) is 0. The molecule has 2 heteroatoms. The Morgan fingerprint density at radius 2 is 1.53 bits per heavy atom. The average molecular weight is 443 g/mol. The van der Waals surface area contributed by atoms with Crippen LogP contribution < -0.4 is 0 Å². The molecule has 1 N–H and O–H groups in total. The molecule has 5 aliphatic rings. The summed E-state index contributed by atoms with van der Waals surface area (Å²) in [5.74, 6) is 2.05. The number of hydrogen-bond donors (Lipinski definition) is 1. The van der Waals surface area contributed by atoms with Gasteiger partial charge in [-0.15, -0.1) is 0 Å². The van der Waals surface area contributed by atoms with Gasteiger partial charge in [-0.2, -0.15) is 0 Å². The van der Waals surface area contributed by atoms with E-state index in [1.54, 1.807) is 0 Å². The monoisotopic (exact) mass is 442 g/mol. The molecule has 0 aromatic carbocycles. The maximum absolute atomic E-state index is 10.8. The first kappa shape index (κ1) is 23.4. The maximum Gasteiger partial charge on any atom is 0.0631 e. The molecule has 3 fully saturated rings. The number of aliphatic hydroxyl groups excluding tert-OH is 1. The van der Waals surface area contributed by atoms with Crippen LogP contribution in [0.4, 0.5) is 0 Å². The molecule has 2 saturated carbocycles. The number of fused-ring (bicyclic) bond motifs is 4. The Morgan fingerprint density at radius 3 is 2.19 bits per heavy atom. The molecule has 182 valence electrons. The predicted octanol–water partition coefficient (Wildman–Crippen LogP) is 7.69. The van der Waals surface area contributed by atoms with Crippen molar-refractivity contribution in [3.63, 3.8) is 0 Å². The average Bonchev–Trinajstić information content (AvgIpc) is 3.21. The predicted molar refractivity (Wildman–Crippen MR) is 132 cm³/mol. The van der Waals surface area contributed by atoms with Crippen molar-refractivity contribution in [2.45, 2.75) is 137 Å². The van der Waals surface area contributed by atoms with Crippen molar-refractivity contribution in [3.8, 4) is 0 Å². The zero-order valence-corrected chi connectivity index (χ0v) is 22.3. The fraction of sp³-hybridized carbons (Fsp3) is 0.933. The second-order valence-electron chi connectivity index (χ2n) is 14.6. The third kappa shape index (κ3) is 2.96. The second-order valence-corrected chi connectivity index (χ2v) is 14.6. The Labute approximate surface area is 198 Å². The molecule has 32 heavy (non-hydrogen) atoms. The molecule has 0 radical (unpaired) electrons. The first-order valence-corrected chi connectivity index (χ1v) is 13.9. The quantitative estimate of drug-likeness (QED) is 0.444. The molecule has 5 rings (SSSR count). The van der Waals surface area contributed by atoms with Gasteiger partial charge in [0.15, 0.2) is 0 Å². The van der Waals surface area contributed by atoms with Crippen LogP contribution in [-0.4, -0.2) is 22.9 Å². The van der Waals surface area contributed by atoms with Gasteiger partial charge in [0.2, 0.25) is 0 Å². The smallest absolute Gasteiger partial charge is 0.0631 e. The van der Waals surface area contributed by atoms with Crippen LogP contribution in [0.15, 0.2) is 11.1 Å². The van der Waals surface area contributed by atoms with Crippen LogP contribution >= 0.6 is 0 Å². The number of aliphatic hydroxyl groups is 1. The van der Waals surface area contributed by atoms with Crippen LogP contribution in [-0.2, 0) is 4.74 Å². The maximum atomic E-state index is 10.8. The summed E-state index contributed by atoms with van der Waals surface area (Å²) < 4.78 is 6.57. The topological polar surface area (TPSA) is 29.5 Å².